The van der Waals surface area contributed by atoms with E-state index in [9.17, 15) is 0 Å². The Morgan fingerprint density at radius 2 is 2.33 bits per heavy atom. The van der Waals surface area contributed by atoms with Crippen molar-refractivity contribution in [2.24, 2.45) is 0 Å². The van der Waals surface area contributed by atoms with Crippen LogP contribution in [-0.4, -0.2) is 38.4 Å². The Morgan fingerprint density at radius 3 is 2.93 bits per heavy atom. The van der Waals surface area contributed by atoms with E-state index in [1.807, 2.05) is 19.9 Å². The second-order valence-corrected chi connectivity index (χ2v) is 3.34. The van der Waals surface area contributed by atoms with E-state index in [2.05, 4.69) is 16.1 Å². The molecule has 0 spiro atoms. The van der Waals surface area contributed by atoms with Gasteiger partial charge in [-0.3, -0.25) is 9.68 Å². The standard InChI is InChI=1S/C9H19N3O3/c1-8(2)11-9(6-13)7-15-12-14-5-3-4-10/h8-9,11-13H,3,5-7H2,1-2H3/t9-/m0/s1/i13D. The van der Waals surface area contributed by atoms with Gasteiger partial charge in [0, 0.05) is 6.04 Å². The molecule has 88 valence electrons. The minimum absolute atomic E-state index is 0.0791. The van der Waals surface area contributed by atoms with Gasteiger partial charge in [-0.25, -0.2) is 0 Å². The van der Waals surface area contributed by atoms with Crippen LogP contribution in [0.2, 0.25) is 0 Å². The lowest BCUT2D eigenvalue weighted by Gasteiger charge is -2.18. The van der Waals surface area contributed by atoms with Crippen molar-refractivity contribution in [3.05, 3.63) is 0 Å². The summed E-state index contributed by atoms with van der Waals surface area (Å²) in [7, 11) is 0. The molecule has 0 aromatic heterocycles. The van der Waals surface area contributed by atoms with Crippen molar-refractivity contribution < 1.29 is 14.8 Å². The predicted molar refractivity (Wildman–Crippen MR) is 54.4 cm³/mol. The lowest BCUT2D eigenvalue weighted by atomic mass is 10.3. The highest BCUT2D eigenvalue weighted by Gasteiger charge is 2.08. The van der Waals surface area contributed by atoms with E-state index in [0.717, 1.165) is 0 Å². The zero-order valence-electron chi connectivity index (χ0n) is 10.2. The lowest BCUT2D eigenvalue weighted by Crippen LogP contribution is -2.42. The maximum atomic E-state index is 8.23. The first-order valence-electron chi connectivity index (χ1n) is 5.31. The molecule has 0 saturated carbocycles. The van der Waals surface area contributed by atoms with Crippen LogP contribution < -0.4 is 11.0 Å². The molecular formula is C9H19N3O3. The number of aliphatic hydroxyl groups excluding tert-OH is 1. The molecule has 0 radical (unpaired) electrons. The molecule has 6 heteroatoms. The topological polar surface area (TPSA) is 86.5 Å². The summed E-state index contributed by atoms with van der Waals surface area (Å²) in [5.41, 5.74) is 2.27. The van der Waals surface area contributed by atoms with E-state index in [1.165, 1.54) is 0 Å². The molecule has 6 nitrogen and oxygen atoms in total. The van der Waals surface area contributed by atoms with Crippen LogP contribution in [-0.2, 0) is 9.68 Å². The molecule has 0 amide bonds. The minimum Gasteiger partial charge on any atom is -0.395 e. The quantitative estimate of drug-likeness (QED) is 0.345. The molecule has 15 heavy (non-hydrogen) atoms. The van der Waals surface area contributed by atoms with Gasteiger partial charge < -0.3 is 10.4 Å². The van der Waals surface area contributed by atoms with Crippen molar-refractivity contribution in [1.29, 1.82) is 6.69 Å². The molecule has 0 heterocycles. The van der Waals surface area contributed by atoms with Gasteiger partial charge in [0.15, 0.2) is 0 Å². The molecular weight excluding hydrogens is 198 g/mol. The summed E-state index contributed by atoms with van der Waals surface area (Å²) in [6.45, 7) is 4.80. The van der Waals surface area contributed by atoms with Crippen LogP contribution in [0.3, 0.4) is 0 Å². The van der Waals surface area contributed by atoms with Gasteiger partial charge in [0.2, 0.25) is 1.43 Å². The van der Waals surface area contributed by atoms with Crippen LogP contribution in [0.1, 0.15) is 20.3 Å². The summed E-state index contributed by atoms with van der Waals surface area (Å²) < 4.78 is 6.67. The summed E-state index contributed by atoms with van der Waals surface area (Å²) in [6, 6.07) is 2.14. The fourth-order valence-electron chi connectivity index (χ4n) is 0.930. The highest BCUT2D eigenvalue weighted by atomic mass is 16.9. The third kappa shape index (κ3) is 9.59. The smallest absolute Gasteiger partial charge is 0.210 e. The number of hydrogen-bond acceptors (Lipinski definition) is 6. The number of nitrogens with zero attached hydrogens (tertiary/aromatic N) is 1. The Hall–Kier alpha value is -0.710. The SMILES string of the molecule is [2H]OC[C@@H](CONOCCC#N)NC(C)C. The molecule has 0 saturated heterocycles. The molecule has 0 bridgehead atoms. The van der Waals surface area contributed by atoms with Crippen LogP contribution in [0.5, 0.6) is 0 Å². The van der Waals surface area contributed by atoms with E-state index in [4.69, 9.17) is 16.4 Å². The maximum absolute atomic E-state index is 8.23. The molecule has 3 N–H and O–H groups in total. The molecule has 0 aliphatic rings. The van der Waals surface area contributed by atoms with Gasteiger partial charge in [-0.1, -0.05) is 19.5 Å². The molecule has 0 aliphatic carbocycles. The molecule has 0 fully saturated rings. The van der Waals surface area contributed by atoms with Gasteiger partial charge in [0.05, 0.1) is 38.4 Å². The Balaban J connectivity index is 3.48. The van der Waals surface area contributed by atoms with Crippen LogP contribution in [0.15, 0.2) is 0 Å². The van der Waals surface area contributed by atoms with Crippen molar-refractivity contribution >= 4 is 0 Å². The van der Waals surface area contributed by atoms with Crippen LogP contribution in [0.4, 0.5) is 0 Å². The Kier molecular flexibility index (Phi) is 8.10. The number of nitrogens with one attached hydrogen (secondary N) is 2. The van der Waals surface area contributed by atoms with Crippen LogP contribution in [0, 0.1) is 11.3 Å². The zero-order valence-corrected chi connectivity index (χ0v) is 9.16. The number of aliphatic hydroxyl groups is 1. The normalized spacial score (nSPS) is 13.6. The third-order valence-corrected chi connectivity index (χ3v) is 1.49. The first kappa shape index (κ1) is 12.4. The van der Waals surface area contributed by atoms with E-state index in [0.29, 0.717) is 13.0 Å². The molecule has 0 unspecified atom stereocenters. The van der Waals surface area contributed by atoms with Gasteiger partial charge in [0.1, 0.15) is 0 Å². The van der Waals surface area contributed by atoms with Crippen molar-refractivity contribution in [2.45, 2.75) is 32.4 Å². The van der Waals surface area contributed by atoms with Gasteiger partial charge >= 0.3 is 0 Å². The Morgan fingerprint density at radius 1 is 1.53 bits per heavy atom. The van der Waals surface area contributed by atoms with E-state index in [-0.39, 0.29) is 25.3 Å². The lowest BCUT2D eigenvalue weighted by molar-refractivity contribution is -0.174. The molecule has 1 atom stereocenters. The van der Waals surface area contributed by atoms with Gasteiger partial charge in [-0.2, -0.15) is 5.26 Å². The van der Waals surface area contributed by atoms with Gasteiger partial charge in [-0.05, 0) is 0 Å². The highest BCUT2D eigenvalue weighted by Crippen LogP contribution is 1.87. The zero-order chi connectivity index (χ0) is 12.2. The fourth-order valence-corrected chi connectivity index (χ4v) is 0.930. The second-order valence-electron chi connectivity index (χ2n) is 3.34. The first-order chi connectivity index (χ1) is 7.70. The summed E-state index contributed by atoms with van der Waals surface area (Å²) in [5, 5.41) is 15.7. The van der Waals surface area contributed by atoms with Gasteiger partial charge in [-0.15, -0.1) is 0 Å². The summed E-state index contributed by atoms with van der Waals surface area (Å²) in [4.78, 5) is 9.79. The predicted octanol–water partition coefficient (Wildman–Crippen LogP) is -0.288. The summed E-state index contributed by atoms with van der Waals surface area (Å²) in [6.07, 6.45) is 0.305. The average Bonchev–Trinajstić information content (AvgIpc) is 2.22. The van der Waals surface area contributed by atoms with Crippen LogP contribution in [0.25, 0.3) is 0 Å². The number of hydrogen-bond donors (Lipinski definition) is 3. The van der Waals surface area contributed by atoms with Gasteiger partial charge in [0.25, 0.3) is 0 Å². The molecule has 0 aromatic rings. The summed E-state index contributed by atoms with van der Waals surface area (Å²) >= 11 is 0. The van der Waals surface area contributed by atoms with E-state index >= 15 is 0 Å². The molecule has 0 rings (SSSR count). The first-order valence-corrected chi connectivity index (χ1v) is 4.90. The van der Waals surface area contributed by atoms with Crippen molar-refractivity contribution in [3.8, 4) is 6.07 Å². The Labute approximate surface area is 91.6 Å². The number of rotatable bonds is 10. The van der Waals surface area contributed by atoms with Crippen molar-refractivity contribution in [3.63, 3.8) is 0 Å². The third-order valence-electron chi connectivity index (χ3n) is 1.49. The van der Waals surface area contributed by atoms with E-state index < -0.39 is 0 Å². The van der Waals surface area contributed by atoms with Crippen molar-refractivity contribution in [2.75, 3.05) is 19.8 Å². The molecule has 0 aliphatic heterocycles. The monoisotopic (exact) mass is 218 g/mol. The Bertz CT molecular complexity index is 199. The second kappa shape index (κ2) is 9.83. The van der Waals surface area contributed by atoms with E-state index in [1.54, 1.807) is 0 Å². The highest BCUT2D eigenvalue weighted by molar-refractivity contribution is 4.67. The van der Waals surface area contributed by atoms with Crippen molar-refractivity contribution in [1.82, 2.24) is 11.0 Å². The number of nitriles is 1. The summed E-state index contributed by atoms with van der Waals surface area (Å²) in [5.74, 6) is 0. The minimum atomic E-state index is -0.0791. The fraction of sp³-hybridized carbons (Fsp3) is 0.889. The maximum Gasteiger partial charge on any atom is 0.210 e. The largest absolute Gasteiger partial charge is 0.395 e. The average molecular weight is 218 g/mol. The van der Waals surface area contributed by atoms with Crippen LogP contribution >= 0.6 is 0 Å². The molecule has 0 aromatic carbocycles.